The molecule has 0 atom stereocenters. The Morgan fingerprint density at radius 2 is 2.18 bits per heavy atom. The van der Waals surface area contributed by atoms with Gasteiger partial charge in [0, 0.05) is 12.2 Å². The Labute approximate surface area is 68.2 Å². The highest BCUT2D eigenvalue weighted by atomic mass is 15.1. The Morgan fingerprint density at radius 1 is 1.55 bits per heavy atom. The van der Waals surface area contributed by atoms with Crippen LogP contribution in [0.2, 0.25) is 0 Å². The third-order valence-electron chi connectivity index (χ3n) is 1.12. The number of aromatic nitrogens is 2. The zero-order valence-electron chi connectivity index (χ0n) is 7.73. The third-order valence-corrected chi connectivity index (χ3v) is 1.12. The van der Waals surface area contributed by atoms with Crippen molar-refractivity contribution in [3.63, 3.8) is 0 Å². The second kappa shape index (κ2) is 5.92. The van der Waals surface area contributed by atoms with Gasteiger partial charge in [0.25, 0.3) is 0 Å². The van der Waals surface area contributed by atoms with E-state index in [1.165, 1.54) is 0 Å². The summed E-state index contributed by atoms with van der Waals surface area (Å²) in [7, 11) is 1.91. The molecule has 0 spiro atoms. The molecule has 11 heavy (non-hydrogen) atoms. The maximum Gasteiger partial charge on any atom is 0.0762 e. The van der Waals surface area contributed by atoms with Gasteiger partial charge in [-0.2, -0.15) is 5.10 Å². The highest BCUT2D eigenvalue weighted by Crippen LogP contribution is 1.95. The van der Waals surface area contributed by atoms with E-state index in [1.807, 2.05) is 33.9 Å². The van der Waals surface area contributed by atoms with Crippen molar-refractivity contribution >= 4 is 0 Å². The molecule has 0 aliphatic carbocycles. The summed E-state index contributed by atoms with van der Waals surface area (Å²) in [4.78, 5) is 0. The average Bonchev–Trinajstić information content (AvgIpc) is 2.41. The largest absolute Gasteiger partial charge is 0.314 e. The number of aryl methyl sites for hydroxylation is 1. The molecule has 64 valence electrons. The zero-order valence-corrected chi connectivity index (χ0v) is 7.73. The first-order valence-electron chi connectivity index (χ1n) is 3.98. The average molecular weight is 155 g/mol. The van der Waals surface area contributed by atoms with Crippen LogP contribution in [0.15, 0.2) is 6.07 Å². The van der Waals surface area contributed by atoms with Crippen molar-refractivity contribution in [1.82, 2.24) is 15.5 Å². The highest BCUT2D eigenvalue weighted by molar-refractivity contribution is 5.05. The summed E-state index contributed by atoms with van der Waals surface area (Å²) < 4.78 is 0. The van der Waals surface area contributed by atoms with Crippen molar-refractivity contribution in [2.24, 2.45) is 0 Å². The van der Waals surface area contributed by atoms with Gasteiger partial charge in [-0.05, 0) is 20.0 Å². The molecule has 1 aromatic rings. The van der Waals surface area contributed by atoms with Crippen LogP contribution in [0.25, 0.3) is 0 Å². The predicted octanol–water partition coefficient (Wildman–Crippen LogP) is 1.46. The first-order chi connectivity index (χ1) is 5.33. The van der Waals surface area contributed by atoms with Crippen molar-refractivity contribution in [3.05, 3.63) is 17.5 Å². The molecule has 0 saturated heterocycles. The molecule has 0 amide bonds. The third kappa shape index (κ3) is 3.78. The maximum absolute atomic E-state index is 4.02. The molecule has 0 aromatic carbocycles. The lowest BCUT2D eigenvalue weighted by molar-refractivity contribution is 0.783. The summed E-state index contributed by atoms with van der Waals surface area (Å²) in [6, 6.07) is 2.02. The summed E-state index contributed by atoms with van der Waals surface area (Å²) in [5.41, 5.74) is 2.18. The molecule has 3 heteroatoms. The first-order valence-corrected chi connectivity index (χ1v) is 3.98. The van der Waals surface area contributed by atoms with Crippen LogP contribution >= 0.6 is 0 Å². The van der Waals surface area contributed by atoms with Gasteiger partial charge >= 0.3 is 0 Å². The molecule has 1 aromatic heterocycles. The van der Waals surface area contributed by atoms with Crippen LogP contribution in [0.3, 0.4) is 0 Å². The Balaban J connectivity index is 0.000000461. The number of hydrogen-bond acceptors (Lipinski definition) is 2. The molecular formula is C8H17N3. The van der Waals surface area contributed by atoms with Crippen molar-refractivity contribution in [2.75, 3.05) is 7.05 Å². The Bertz CT molecular complexity index is 181. The highest BCUT2D eigenvalue weighted by Gasteiger charge is 1.92. The van der Waals surface area contributed by atoms with Crippen LogP contribution in [-0.2, 0) is 6.54 Å². The van der Waals surface area contributed by atoms with Gasteiger partial charge in [-0.3, -0.25) is 5.10 Å². The molecule has 0 fully saturated rings. The topological polar surface area (TPSA) is 40.7 Å². The van der Waals surface area contributed by atoms with E-state index in [-0.39, 0.29) is 0 Å². The Kier molecular flexibility index (Phi) is 5.47. The van der Waals surface area contributed by atoms with E-state index in [9.17, 15) is 0 Å². The van der Waals surface area contributed by atoms with Gasteiger partial charge in [0.05, 0.1) is 5.69 Å². The number of H-pyrrole nitrogens is 1. The minimum atomic E-state index is 0.838. The van der Waals surface area contributed by atoms with Crippen LogP contribution in [-0.4, -0.2) is 17.2 Å². The number of rotatable bonds is 2. The lowest BCUT2D eigenvalue weighted by atomic mass is 10.4. The first kappa shape index (κ1) is 10.2. The summed E-state index contributed by atoms with van der Waals surface area (Å²) >= 11 is 0. The van der Waals surface area contributed by atoms with E-state index in [2.05, 4.69) is 15.5 Å². The molecule has 0 aliphatic rings. The smallest absolute Gasteiger partial charge is 0.0762 e. The van der Waals surface area contributed by atoms with Crippen LogP contribution in [0.1, 0.15) is 25.2 Å². The summed E-state index contributed by atoms with van der Waals surface area (Å²) in [5, 5.41) is 9.90. The SMILES string of the molecule is CC.CNCc1cc(C)[nH]n1. The second-order valence-corrected chi connectivity index (χ2v) is 2.07. The number of nitrogens with zero attached hydrogens (tertiary/aromatic N) is 1. The summed E-state index contributed by atoms with van der Waals surface area (Å²) in [5.74, 6) is 0. The molecule has 0 bridgehead atoms. The minimum absolute atomic E-state index is 0.838. The Morgan fingerprint density at radius 3 is 2.55 bits per heavy atom. The van der Waals surface area contributed by atoms with Gasteiger partial charge in [-0.25, -0.2) is 0 Å². The molecular weight excluding hydrogens is 138 g/mol. The van der Waals surface area contributed by atoms with Gasteiger partial charge in [0.15, 0.2) is 0 Å². The van der Waals surface area contributed by atoms with Crippen LogP contribution in [0.5, 0.6) is 0 Å². The quantitative estimate of drug-likeness (QED) is 0.679. The van der Waals surface area contributed by atoms with E-state index >= 15 is 0 Å². The van der Waals surface area contributed by atoms with Crippen molar-refractivity contribution in [2.45, 2.75) is 27.3 Å². The maximum atomic E-state index is 4.02. The summed E-state index contributed by atoms with van der Waals surface area (Å²) in [6.07, 6.45) is 0. The fourth-order valence-electron chi connectivity index (χ4n) is 0.746. The standard InChI is InChI=1S/C6H11N3.C2H6/c1-5-3-6(4-7-2)9-8-5;1-2/h3,7H,4H2,1-2H3,(H,8,9);1-2H3. The molecule has 0 aliphatic heterocycles. The molecule has 0 unspecified atom stereocenters. The van der Waals surface area contributed by atoms with E-state index in [1.54, 1.807) is 0 Å². The van der Waals surface area contributed by atoms with Gasteiger partial charge in [0.2, 0.25) is 0 Å². The van der Waals surface area contributed by atoms with Crippen molar-refractivity contribution < 1.29 is 0 Å². The predicted molar refractivity (Wildman–Crippen MR) is 47.4 cm³/mol. The van der Waals surface area contributed by atoms with Gasteiger partial charge in [-0.15, -0.1) is 0 Å². The molecule has 0 saturated carbocycles. The van der Waals surface area contributed by atoms with Gasteiger partial charge in [-0.1, -0.05) is 13.8 Å². The fraction of sp³-hybridized carbons (Fsp3) is 0.625. The Hall–Kier alpha value is -0.830. The van der Waals surface area contributed by atoms with Crippen LogP contribution in [0, 0.1) is 6.92 Å². The fourth-order valence-corrected chi connectivity index (χ4v) is 0.746. The minimum Gasteiger partial charge on any atom is -0.314 e. The molecule has 1 rings (SSSR count). The van der Waals surface area contributed by atoms with Crippen LogP contribution in [0.4, 0.5) is 0 Å². The van der Waals surface area contributed by atoms with E-state index < -0.39 is 0 Å². The lowest BCUT2D eigenvalue weighted by Crippen LogP contribution is -2.04. The molecule has 1 heterocycles. The lowest BCUT2D eigenvalue weighted by Gasteiger charge is -1.88. The van der Waals surface area contributed by atoms with Crippen molar-refractivity contribution in [1.29, 1.82) is 0 Å². The van der Waals surface area contributed by atoms with E-state index in [0.717, 1.165) is 17.9 Å². The monoisotopic (exact) mass is 155 g/mol. The van der Waals surface area contributed by atoms with Crippen molar-refractivity contribution in [3.8, 4) is 0 Å². The van der Waals surface area contributed by atoms with Gasteiger partial charge < -0.3 is 5.32 Å². The molecule has 3 nitrogen and oxygen atoms in total. The zero-order chi connectivity index (χ0) is 8.69. The molecule has 2 N–H and O–H groups in total. The second-order valence-electron chi connectivity index (χ2n) is 2.07. The normalized spacial score (nSPS) is 8.73. The van der Waals surface area contributed by atoms with E-state index in [0.29, 0.717) is 0 Å². The number of nitrogens with one attached hydrogen (secondary N) is 2. The number of hydrogen-bond donors (Lipinski definition) is 2. The van der Waals surface area contributed by atoms with Gasteiger partial charge in [0.1, 0.15) is 0 Å². The molecule has 0 radical (unpaired) electrons. The summed E-state index contributed by atoms with van der Waals surface area (Å²) in [6.45, 7) is 6.83. The number of aromatic amines is 1. The van der Waals surface area contributed by atoms with Crippen LogP contribution < -0.4 is 5.32 Å². The van der Waals surface area contributed by atoms with E-state index in [4.69, 9.17) is 0 Å².